The van der Waals surface area contributed by atoms with Gasteiger partial charge in [0.15, 0.2) is 0 Å². The first-order chi connectivity index (χ1) is 22.4. The van der Waals surface area contributed by atoms with Gasteiger partial charge in [-0.1, -0.05) is 49.6 Å². The summed E-state index contributed by atoms with van der Waals surface area (Å²) < 4.78 is 51.0. The molecule has 8 nitrogen and oxygen atoms in total. The smallest absolute Gasteiger partial charge is 0.416 e. The fourth-order valence-corrected chi connectivity index (χ4v) is 6.52. The van der Waals surface area contributed by atoms with Crippen molar-refractivity contribution >= 4 is 11.9 Å². The van der Waals surface area contributed by atoms with E-state index in [1.807, 2.05) is 11.8 Å². The summed E-state index contributed by atoms with van der Waals surface area (Å²) in [5.41, 5.74) is 1.12. The summed E-state index contributed by atoms with van der Waals surface area (Å²) >= 11 is 0. The van der Waals surface area contributed by atoms with Gasteiger partial charge in [-0.2, -0.15) is 13.2 Å². The van der Waals surface area contributed by atoms with Gasteiger partial charge in [0.2, 0.25) is 5.91 Å². The number of likely N-dealkylation sites (N-methyl/N-ethyl adjacent to an activating group) is 1. The normalized spacial score (nSPS) is 20.3. The van der Waals surface area contributed by atoms with Crippen LogP contribution in [0.4, 0.5) is 13.2 Å². The number of hydrogen-bond donors (Lipinski definition) is 2. The zero-order valence-corrected chi connectivity index (χ0v) is 27.2. The van der Waals surface area contributed by atoms with Gasteiger partial charge in [-0.15, -0.1) is 0 Å². The van der Waals surface area contributed by atoms with Gasteiger partial charge in [0.05, 0.1) is 36.8 Å². The van der Waals surface area contributed by atoms with E-state index in [-0.39, 0.29) is 41.6 Å². The molecule has 3 aromatic carbocycles. The van der Waals surface area contributed by atoms with Gasteiger partial charge < -0.3 is 24.6 Å². The average molecular weight is 657 g/mol. The average Bonchev–Trinajstić information content (AvgIpc) is 3.35. The van der Waals surface area contributed by atoms with Crippen molar-refractivity contribution in [3.05, 3.63) is 89.0 Å². The summed E-state index contributed by atoms with van der Waals surface area (Å²) in [6, 6.07) is 15.4. The van der Waals surface area contributed by atoms with Crippen LogP contribution in [0.3, 0.4) is 0 Å². The van der Waals surface area contributed by atoms with Crippen molar-refractivity contribution in [1.29, 1.82) is 0 Å². The Kier molecular flexibility index (Phi) is 11.8. The lowest BCUT2D eigenvalue weighted by Gasteiger charge is -2.31. The van der Waals surface area contributed by atoms with Crippen LogP contribution in [0.1, 0.15) is 93.4 Å². The molecule has 1 aliphatic heterocycles. The zero-order valence-electron chi connectivity index (χ0n) is 27.2. The van der Waals surface area contributed by atoms with E-state index in [1.54, 1.807) is 55.3 Å². The van der Waals surface area contributed by atoms with Crippen molar-refractivity contribution in [3.63, 3.8) is 0 Å². The number of nitrogens with zero attached hydrogens (tertiary/aromatic N) is 2. The Hall–Kier alpha value is -4.25. The minimum absolute atomic E-state index is 0.0206. The molecule has 1 saturated carbocycles. The highest BCUT2D eigenvalue weighted by Gasteiger charge is 2.49. The number of alkyl halides is 3. The van der Waals surface area contributed by atoms with E-state index < -0.39 is 30.0 Å². The second-order valence-corrected chi connectivity index (χ2v) is 11.8. The number of phenolic OH excluding ortho intramolecular Hbond substituents is 2. The minimum atomic E-state index is -4.55. The summed E-state index contributed by atoms with van der Waals surface area (Å²) in [6.07, 6.45) is 0.472. The number of hydrogen-bond acceptors (Lipinski definition) is 7. The van der Waals surface area contributed by atoms with E-state index in [9.17, 15) is 33.0 Å². The van der Waals surface area contributed by atoms with Crippen LogP contribution < -0.4 is 4.74 Å². The summed E-state index contributed by atoms with van der Waals surface area (Å²) in [7, 11) is 1.80. The number of halogens is 3. The molecule has 1 amide bonds. The van der Waals surface area contributed by atoms with Crippen LogP contribution in [0.25, 0.3) is 0 Å². The predicted molar refractivity (Wildman–Crippen MR) is 171 cm³/mol. The molecule has 3 aromatic rings. The molecular weight excluding hydrogens is 613 g/mol. The molecular formula is C36H43F3N2O6. The van der Waals surface area contributed by atoms with Gasteiger partial charge in [0.1, 0.15) is 23.4 Å². The number of amides is 1. The van der Waals surface area contributed by atoms with Crippen LogP contribution in [-0.2, 0) is 20.5 Å². The number of rotatable bonds is 7. The Bertz CT molecular complexity index is 1490. The Morgan fingerprint density at radius 3 is 1.87 bits per heavy atom. The molecule has 1 heterocycles. The van der Waals surface area contributed by atoms with Crippen molar-refractivity contribution in [1.82, 2.24) is 9.80 Å². The maximum Gasteiger partial charge on any atom is 0.416 e. The van der Waals surface area contributed by atoms with Gasteiger partial charge in [-0.3, -0.25) is 14.5 Å². The number of carbonyl (C=O) groups is 2. The molecule has 0 spiro atoms. The Morgan fingerprint density at radius 2 is 1.38 bits per heavy atom. The summed E-state index contributed by atoms with van der Waals surface area (Å²) in [5.74, 6) is 0.149. The maximum atomic E-state index is 13.5. The first-order valence-electron chi connectivity index (χ1n) is 16.0. The number of ether oxygens (including phenoxy) is 2. The molecule has 3 unspecified atom stereocenters. The maximum absolute atomic E-state index is 13.5. The van der Waals surface area contributed by atoms with E-state index in [1.165, 1.54) is 44.4 Å². The highest BCUT2D eigenvalue weighted by molar-refractivity contribution is 5.75. The van der Waals surface area contributed by atoms with Crippen LogP contribution in [-0.4, -0.2) is 52.2 Å². The monoisotopic (exact) mass is 656 g/mol. The predicted octanol–water partition coefficient (Wildman–Crippen LogP) is 7.92. The Morgan fingerprint density at radius 1 is 0.830 bits per heavy atom. The molecule has 5 rings (SSSR count). The molecule has 1 aliphatic carbocycles. The molecule has 2 aliphatic rings. The molecule has 254 valence electrons. The van der Waals surface area contributed by atoms with E-state index in [0.29, 0.717) is 12.2 Å². The fraction of sp³-hybridized carbons (Fsp3) is 0.444. The van der Waals surface area contributed by atoms with Crippen LogP contribution >= 0.6 is 0 Å². The molecule has 2 N–H and O–H groups in total. The molecule has 2 fully saturated rings. The molecule has 47 heavy (non-hydrogen) atoms. The lowest BCUT2D eigenvalue weighted by Crippen LogP contribution is -2.34. The first kappa shape index (κ1) is 35.6. The minimum Gasteiger partial charge on any atom is -0.508 e. The van der Waals surface area contributed by atoms with E-state index in [2.05, 4.69) is 0 Å². The van der Waals surface area contributed by atoms with E-state index in [4.69, 9.17) is 9.47 Å². The van der Waals surface area contributed by atoms with E-state index >= 15 is 0 Å². The van der Waals surface area contributed by atoms with Gasteiger partial charge in [0.25, 0.3) is 0 Å². The van der Waals surface area contributed by atoms with Crippen molar-refractivity contribution in [2.45, 2.75) is 77.3 Å². The number of phenols is 2. The van der Waals surface area contributed by atoms with Crippen molar-refractivity contribution in [2.24, 2.45) is 5.92 Å². The lowest BCUT2D eigenvalue weighted by atomic mass is 9.89. The van der Waals surface area contributed by atoms with Crippen molar-refractivity contribution in [3.8, 4) is 17.2 Å². The number of carbonyl (C=O) groups excluding carboxylic acids is 2. The van der Waals surface area contributed by atoms with Crippen molar-refractivity contribution in [2.75, 3.05) is 20.3 Å². The van der Waals surface area contributed by atoms with Crippen LogP contribution in [0.2, 0.25) is 0 Å². The zero-order chi connectivity index (χ0) is 34.3. The third-order valence-corrected chi connectivity index (χ3v) is 8.66. The molecule has 0 radical (unpaired) electrons. The van der Waals surface area contributed by atoms with Crippen molar-refractivity contribution < 1.29 is 42.4 Å². The largest absolute Gasteiger partial charge is 0.508 e. The number of aromatic hydroxyl groups is 2. The highest BCUT2D eigenvalue weighted by Crippen LogP contribution is 2.53. The lowest BCUT2D eigenvalue weighted by molar-refractivity contribution is -0.149. The molecule has 1 saturated heterocycles. The summed E-state index contributed by atoms with van der Waals surface area (Å²) in [6.45, 7) is 5.63. The molecule has 3 atom stereocenters. The topological polar surface area (TPSA) is 99.5 Å². The van der Waals surface area contributed by atoms with Crippen LogP contribution in [0.5, 0.6) is 17.2 Å². The van der Waals surface area contributed by atoms with Gasteiger partial charge in [0, 0.05) is 12.5 Å². The third-order valence-electron chi connectivity index (χ3n) is 8.66. The van der Waals surface area contributed by atoms with Crippen LogP contribution in [0, 0.1) is 5.92 Å². The molecule has 0 aromatic heterocycles. The Balaban J connectivity index is 0.000000385. The van der Waals surface area contributed by atoms with Gasteiger partial charge in [-0.25, -0.2) is 0 Å². The van der Waals surface area contributed by atoms with Gasteiger partial charge in [-0.05, 0) is 81.3 Å². The second kappa shape index (κ2) is 15.6. The molecule has 0 bridgehead atoms. The Labute approximate surface area is 273 Å². The summed E-state index contributed by atoms with van der Waals surface area (Å²) in [5, 5.41) is 19.7. The fourth-order valence-electron chi connectivity index (χ4n) is 6.52. The quantitative estimate of drug-likeness (QED) is 0.249. The molecule has 11 heteroatoms. The SMILES string of the molecule is CCOC(=O)C1CCCCC1.CCOc1cc(C(F)(F)F)ccc1C1N(C)C(c2ccc(O)cc2)C(c2ccc(O)cc2)N1C(C)=O. The second-order valence-electron chi connectivity index (χ2n) is 11.8. The summed E-state index contributed by atoms with van der Waals surface area (Å²) in [4.78, 5) is 27.9. The van der Waals surface area contributed by atoms with Crippen LogP contribution in [0.15, 0.2) is 66.7 Å². The third kappa shape index (κ3) is 8.38. The van der Waals surface area contributed by atoms with Gasteiger partial charge >= 0.3 is 12.1 Å². The number of esters is 1. The highest BCUT2D eigenvalue weighted by atomic mass is 19.4. The van der Waals surface area contributed by atoms with E-state index in [0.717, 1.165) is 36.1 Å². The standard InChI is InChI=1S/C27H27F3N2O4.C9H16O2/c1-4-36-23-15-19(27(28,29)30)9-14-22(23)26-31(3)24(17-5-10-20(34)11-6-17)25(32(26)16(2)33)18-7-12-21(35)13-8-18;1-2-11-9(10)8-6-4-3-5-7-8/h5-15,24-26,34-35H,4H2,1-3H3;8H,2-7H2,1H3. The first-order valence-corrected chi connectivity index (χ1v) is 16.0. The number of benzene rings is 3.